The Morgan fingerprint density at radius 1 is 0.548 bits per heavy atom. The van der Waals surface area contributed by atoms with Crippen LogP contribution >= 0.6 is 0 Å². The molecule has 0 amide bonds. The molecule has 2 aliphatic heterocycles. The highest BCUT2D eigenvalue weighted by Crippen LogP contribution is 2.31. The van der Waals surface area contributed by atoms with E-state index in [0.717, 1.165) is 101 Å². The summed E-state index contributed by atoms with van der Waals surface area (Å²) in [5.74, 6) is 0.346. The van der Waals surface area contributed by atoms with Gasteiger partial charge < -0.3 is 31.1 Å². The SMILES string of the molecule is CCC(Cc1ccc(C(C)NCCNC(C)c2ccc(CC(CC)(C(=O)c3ccc(N4CCNCC4)cc3)N(C)C)cc2)cc1)(C(=O)c1ccc(N2CCNCC2)cc1)N(C)C. The van der Waals surface area contributed by atoms with Crippen molar-refractivity contribution >= 4 is 22.9 Å². The summed E-state index contributed by atoms with van der Waals surface area (Å²) in [4.78, 5) is 37.4. The molecule has 6 rings (SSSR count). The van der Waals surface area contributed by atoms with Crippen LogP contribution in [0.2, 0.25) is 0 Å². The van der Waals surface area contributed by atoms with E-state index in [2.05, 4.69) is 141 Å². The van der Waals surface area contributed by atoms with E-state index in [1.165, 1.54) is 22.5 Å². The van der Waals surface area contributed by atoms with Gasteiger partial charge in [0, 0.05) is 100 Å². The summed E-state index contributed by atoms with van der Waals surface area (Å²) in [5, 5.41) is 14.2. The van der Waals surface area contributed by atoms with Crippen molar-refractivity contribution < 1.29 is 9.59 Å². The number of nitrogens with one attached hydrogen (secondary N) is 4. The Kier molecular flexibility index (Phi) is 16.5. The molecule has 62 heavy (non-hydrogen) atoms. The van der Waals surface area contributed by atoms with Gasteiger partial charge in [-0.05, 0) is 139 Å². The number of ketones is 2. The Morgan fingerprint density at radius 3 is 1.16 bits per heavy atom. The maximum absolute atomic E-state index is 14.2. The summed E-state index contributed by atoms with van der Waals surface area (Å²) in [5.41, 5.74) is 7.41. The highest BCUT2D eigenvalue weighted by atomic mass is 16.1. The van der Waals surface area contributed by atoms with Crippen molar-refractivity contribution in [3.05, 3.63) is 130 Å². The third-order valence-electron chi connectivity index (χ3n) is 13.9. The van der Waals surface area contributed by atoms with E-state index in [1.54, 1.807) is 0 Å². The molecule has 4 aromatic carbocycles. The van der Waals surface area contributed by atoms with Crippen LogP contribution in [-0.4, -0.2) is 126 Å². The van der Waals surface area contributed by atoms with Gasteiger partial charge in [-0.15, -0.1) is 0 Å². The van der Waals surface area contributed by atoms with Crippen molar-refractivity contribution in [1.29, 1.82) is 0 Å². The molecule has 0 aromatic heterocycles. The summed E-state index contributed by atoms with van der Waals surface area (Å²) in [6, 6.07) is 34.4. The van der Waals surface area contributed by atoms with Crippen molar-refractivity contribution in [3.8, 4) is 0 Å². The van der Waals surface area contributed by atoms with Gasteiger partial charge in [-0.3, -0.25) is 19.4 Å². The lowest BCUT2D eigenvalue weighted by molar-refractivity contribution is 0.0661. The molecule has 2 heterocycles. The molecule has 0 spiro atoms. The number of piperazine rings is 2. The van der Waals surface area contributed by atoms with Crippen molar-refractivity contribution in [3.63, 3.8) is 0 Å². The summed E-state index contributed by atoms with van der Waals surface area (Å²) in [7, 11) is 8.12. The number of hydrogen-bond donors (Lipinski definition) is 4. The molecular formula is C52H74N8O2. The average Bonchev–Trinajstić information content (AvgIpc) is 3.31. The topological polar surface area (TPSA) is 95.2 Å². The zero-order valence-electron chi connectivity index (χ0n) is 38.9. The average molecular weight is 843 g/mol. The Morgan fingerprint density at radius 2 is 0.871 bits per heavy atom. The van der Waals surface area contributed by atoms with E-state index < -0.39 is 11.1 Å². The van der Waals surface area contributed by atoms with Gasteiger partial charge in [-0.25, -0.2) is 0 Å². The lowest BCUT2D eigenvalue weighted by atomic mass is 9.80. The van der Waals surface area contributed by atoms with Gasteiger partial charge in [-0.2, -0.15) is 0 Å². The molecule has 2 aliphatic rings. The summed E-state index contributed by atoms with van der Waals surface area (Å²) >= 11 is 0. The molecule has 0 saturated carbocycles. The third-order valence-corrected chi connectivity index (χ3v) is 13.9. The first-order valence-corrected chi connectivity index (χ1v) is 23.1. The predicted molar refractivity (Wildman–Crippen MR) is 258 cm³/mol. The van der Waals surface area contributed by atoms with Gasteiger partial charge in [0.1, 0.15) is 0 Å². The molecule has 2 saturated heterocycles. The van der Waals surface area contributed by atoms with Crippen LogP contribution in [0.1, 0.15) is 95.6 Å². The van der Waals surface area contributed by atoms with Crippen LogP contribution < -0.4 is 31.1 Å². The van der Waals surface area contributed by atoms with Crippen LogP contribution in [0, 0.1) is 0 Å². The van der Waals surface area contributed by atoms with Gasteiger partial charge in [0.2, 0.25) is 0 Å². The second kappa shape index (κ2) is 21.8. The number of carbonyl (C=O) groups is 2. The smallest absolute Gasteiger partial charge is 0.183 e. The van der Waals surface area contributed by atoms with Crippen LogP contribution in [0.15, 0.2) is 97.1 Å². The fourth-order valence-corrected chi connectivity index (χ4v) is 9.45. The van der Waals surface area contributed by atoms with Crippen molar-refractivity contribution in [2.75, 3.05) is 103 Å². The Bertz CT molecular complexity index is 1860. The summed E-state index contributed by atoms with van der Waals surface area (Å²) < 4.78 is 0. The van der Waals surface area contributed by atoms with Gasteiger partial charge in [0.05, 0.1) is 11.1 Å². The molecule has 0 aliphatic carbocycles. The van der Waals surface area contributed by atoms with E-state index >= 15 is 0 Å². The molecule has 4 aromatic rings. The number of carbonyl (C=O) groups excluding carboxylic acids is 2. The first-order chi connectivity index (χ1) is 29.9. The zero-order valence-corrected chi connectivity index (χ0v) is 38.9. The minimum atomic E-state index is -0.631. The minimum absolute atomic E-state index is 0.173. The van der Waals surface area contributed by atoms with Gasteiger partial charge >= 0.3 is 0 Å². The van der Waals surface area contributed by atoms with Crippen LogP contribution in [-0.2, 0) is 12.8 Å². The molecule has 2 fully saturated rings. The van der Waals surface area contributed by atoms with E-state index in [4.69, 9.17) is 0 Å². The maximum atomic E-state index is 14.2. The number of hydrogen-bond acceptors (Lipinski definition) is 10. The van der Waals surface area contributed by atoms with Crippen molar-refractivity contribution in [2.45, 2.75) is 76.5 Å². The number of Topliss-reactive ketones (excluding diaryl/α,β-unsaturated/α-hetero) is 2. The number of anilines is 2. The van der Waals surface area contributed by atoms with E-state index in [0.29, 0.717) is 12.8 Å². The number of likely N-dealkylation sites (N-methyl/N-ethyl adjacent to an activating group) is 2. The van der Waals surface area contributed by atoms with Gasteiger partial charge in [0.25, 0.3) is 0 Å². The van der Waals surface area contributed by atoms with Crippen LogP contribution in [0.25, 0.3) is 0 Å². The Labute approximate surface area is 372 Å². The second-order valence-electron chi connectivity index (χ2n) is 18.0. The molecular weight excluding hydrogens is 769 g/mol. The number of rotatable bonds is 21. The van der Waals surface area contributed by atoms with Crippen LogP contribution in [0.4, 0.5) is 11.4 Å². The fraction of sp³-hybridized carbons (Fsp3) is 0.500. The van der Waals surface area contributed by atoms with Crippen molar-refractivity contribution in [2.24, 2.45) is 0 Å². The summed E-state index contributed by atoms with van der Waals surface area (Å²) in [6.45, 7) is 18.2. The van der Waals surface area contributed by atoms with Crippen molar-refractivity contribution in [1.82, 2.24) is 31.1 Å². The second-order valence-corrected chi connectivity index (χ2v) is 18.0. The quantitative estimate of drug-likeness (QED) is 0.0532. The highest BCUT2D eigenvalue weighted by Gasteiger charge is 2.41. The normalized spacial score (nSPS) is 17.7. The van der Waals surface area contributed by atoms with Gasteiger partial charge in [0.15, 0.2) is 11.6 Å². The monoisotopic (exact) mass is 843 g/mol. The molecule has 334 valence electrons. The molecule has 10 heteroatoms. The molecule has 10 nitrogen and oxygen atoms in total. The standard InChI is InChI=1S/C52H74N8O2/c1-9-51(57(5)6,49(61)45-19-23-47(24-20-45)59-33-29-53-30-34-59)37-41-11-15-43(16-12-41)39(3)55-27-28-56-40(4)44-17-13-42(14-18-44)38-52(10-2,58(7)8)50(62)46-21-25-48(26-22-46)60-35-31-54-32-36-60/h11-26,39-40,53-56H,9-10,27-38H2,1-8H3. The molecule has 4 N–H and O–H groups in total. The first-order valence-electron chi connectivity index (χ1n) is 23.1. The van der Waals surface area contributed by atoms with Crippen LogP contribution in [0.3, 0.4) is 0 Å². The predicted octanol–water partition coefficient (Wildman–Crippen LogP) is 6.78. The number of nitrogens with zero attached hydrogens (tertiary/aromatic N) is 4. The van der Waals surface area contributed by atoms with E-state index in [1.807, 2.05) is 52.5 Å². The summed E-state index contributed by atoms with van der Waals surface area (Å²) in [6.07, 6.45) is 2.74. The molecule has 4 atom stereocenters. The largest absolute Gasteiger partial charge is 0.369 e. The number of benzene rings is 4. The highest BCUT2D eigenvalue weighted by molar-refractivity contribution is 6.04. The lowest BCUT2D eigenvalue weighted by Gasteiger charge is -2.38. The molecule has 0 bridgehead atoms. The van der Waals surface area contributed by atoms with E-state index in [-0.39, 0.29) is 23.7 Å². The molecule has 0 radical (unpaired) electrons. The maximum Gasteiger partial charge on any atom is 0.183 e. The Hall–Kier alpha value is -4.42. The fourth-order valence-electron chi connectivity index (χ4n) is 9.45. The van der Waals surface area contributed by atoms with Gasteiger partial charge in [-0.1, -0.05) is 62.4 Å². The first kappa shape index (κ1) is 47.1. The Balaban J connectivity index is 0.986. The molecule has 4 unspecified atom stereocenters. The van der Waals surface area contributed by atoms with Crippen LogP contribution in [0.5, 0.6) is 0 Å². The van der Waals surface area contributed by atoms with E-state index in [9.17, 15) is 9.59 Å². The zero-order chi connectivity index (χ0) is 44.3. The lowest BCUT2D eigenvalue weighted by Crippen LogP contribution is -2.52. The third kappa shape index (κ3) is 11.0. The minimum Gasteiger partial charge on any atom is -0.369 e.